The maximum atomic E-state index is 13.1. The number of nitrogens with one attached hydrogen (secondary N) is 2. The number of hydrogen-bond acceptors (Lipinski definition) is 3. The van der Waals surface area contributed by atoms with Crippen molar-refractivity contribution in [3.63, 3.8) is 0 Å². The van der Waals surface area contributed by atoms with Gasteiger partial charge >= 0.3 is 0 Å². The normalized spacial score (nSPS) is 11.1. The summed E-state index contributed by atoms with van der Waals surface area (Å²) in [7, 11) is -3.63. The van der Waals surface area contributed by atoms with Gasteiger partial charge in [-0.2, -0.15) is 0 Å². The zero-order valence-corrected chi connectivity index (χ0v) is 12.7. The van der Waals surface area contributed by atoms with Crippen LogP contribution in [0.5, 0.6) is 0 Å². The van der Waals surface area contributed by atoms with E-state index in [-0.39, 0.29) is 23.8 Å². The lowest BCUT2D eigenvalue weighted by molar-refractivity contribution is 0.571. The Labute approximate surface area is 120 Å². The summed E-state index contributed by atoms with van der Waals surface area (Å²) in [6.45, 7) is 5.37. The standard InChI is InChI=1S/C12H19FN2O2S.ClH/c1-3-6-14-7-8-15-18(16,17)12-9-11(13)5-4-10(12)2;/h4-5,9,14-15H,3,6-8H2,1-2H3;1H. The topological polar surface area (TPSA) is 58.2 Å². The highest BCUT2D eigenvalue weighted by molar-refractivity contribution is 7.89. The minimum Gasteiger partial charge on any atom is -0.315 e. The second-order valence-electron chi connectivity index (χ2n) is 4.06. The first-order chi connectivity index (χ1) is 8.47. The Morgan fingerprint density at radius 2 is 1.89 bits per heavy atom. The second-order valence-corrected chi connectivity index (χ2v) is 5.79. The lowest BCUT2D eigenvalue weighted by Gasteiger charge is -2.09. The van der Waals surface area contributed by atoms with Crippen molar-refractivity contribution in [2.45, 2.75) is 25.2 Å². The molecule has 0 saturated heterocycles. The van der Waals surface area contributed by atoms with Crippen LogP contribution in [0.4, 0.5) is 4.39 Å². The molecule has 0 saturated carbocycles. The predicted molar refractivity (Wildman–Crippen MR) is 76.7 cm³/mol. The third-order valence-electron chi connectivity index (χ3n) is 2.46. The van der Waals surface area contributed by atoms with Crippen LogP contribution in [-0.2, 0) is 10.0 Å². The number of rotatable bonds is 7. The molecule has 0 aliphatic carbocycles. The average Bonchev–Trinajstić information content (AvgIpc) is 2.32. The Kier molecular flexibility index (Phi) is 8.17. The monoisotopic (exact) mass is 310 g/mol. The minimum absolute atomic E-state index is 0. The summed E-state index contributed by atoms with van der Waals surface area (Å²) in [6, 6.07) is 3.74. The largest absolute Gasteiger partial charge is 0.315 e. The SMILES string of the molecule is CCCNCCNS(=O)(=O)c1cc(F)ccc1C.Cl. The fourth-order valence-electron chi connectivity index (χ4n) is 1.52. The molecule has 0 aliphatic heterocycles. The highest BCUT2D eigenvalue weighted by Crippen LogP contribution is 2.15. The zero-order chi connectivity index (χ0) is 13.6. The van der Waals surface area contributed by atoms with Crippen molar-refractivity contribution in [2.75, 3.05) is 19.6 Å². The molecule has 1 aromatic carbocycles. The summed E-state index contributed by atoms with van der Waals surface area (Å²) in [5, 5.41) is 3.08. The zero-order valence-electron chi connectivity index (χ0n) is 11.1. The first-order valence-electron chi connectivity index (χ1n) is 5.94. The van der Waals surface area contributed by atoms with Gasteiger partial charge in [-0.25, -0.2) is 17.5 Å². The Bertz CT molecular complexity index is 495. The van der Waals surface area contributed by atoms with E-state index in [0.29, 0.717) is 12.1 Å². The Hall–Kier alpha value is -0.690. The molecule has 110 valence electrons. The molecular formula is C12H20ClFN2O2S. The van der Waals surface area contributed by atoms with Crippen molar-refractivity contribution < 1.29 is 12.8 Å². The third-order valence-corrected chi connectivity index (χ3v) is 4.06. The van der Waals surface area contributed by atoms with Crippen LogP contribution in [0.1, 0.15) is 18.9 Å². The molecule has 0 bridgehead atoms. The predicted octanol–water partition coefficient (Wildman–Crippen LogP) is 1.83. The van der Waals surface area contributed by atoms with Gasteiger partial charge in [0.2, 0.25) is 10.0 Å². The molecule has 0 radical (unpaired) electrons. The van der Waals surface area contributed by atoms with E-state index >= 15 is 0 Å². The number of halogens is 2. The number of hydrogen-bond donors (Lipinski definition) is 2. The van der Waals surface area contributed by atoms with Crippen LogP contribution in [0, 0.1) is 12.7 Å². The maximum absolute atomic E-state index is 13.1. The van der Waals surface area contributed by atoms with Gasteiger partial charge < -0.3 is 5.32 Å². The summed E-state index contributed by atoms with van der Waals surface area (Å²) in [5.74, 6) is -0.551. The van der Waals surface area contributed by atoms with Gasteiger partial charge in [-0.15, -0.1) is 12.4 Å². The van der Waals surface area contributed by atoms with Crippen molar-refractivity contribution >= 4 is 22.4 Å². The molecule has 19 heavy (non-hydrogen) atoms. The van der Waals surface area contributed by atoms with Crippen molar-refractivity contribution in [3.05, 3.63) is 29.6 Å². The van der Waals surface area contributed by atoms with Gasteiger partial charge in [0.25, 0.3) is 0 Å². The maximum Gasteiger partial charge on any atom is 0.240 e. The first kappa shape index (κ1) is 18.3. The van der Waals surface area contributed by atoms with E-state index in [1.165, 1.54) is 12.1 Å². The van der Waals surface area contributed by atoms with E-state index < -0.39 is 15.8 Å². The first-order valence-corrected chi connectivity index (χ1v) is 7.42. The van der Waals surface area contributed by atoms with Crippen LogP contribution in [-0.4, -0.2) is 28.1 Å². The van der Waals surface area contributed by atoms with Gasteiger partial charge in [-0.1, -0.05) is 13.0 Å². The molecule has 7 heteroatoms. The van der Waals surface area contributed by atoms with Crippen LogP contribution in [0.25, 0.3) is 0 Å². The minimum atomic E-state index is -3.63. The van der Waals surface area contributed by atoms with E-state index in [2.05, 4.69) is 10.0 Å². The van der Waals surface area contributed by atoms with Gasteiger partial charge in [0.05, 0.1) is 4.90 Å². The van der Waals surface area contributed by atoms with Crippen molar-refractivity contribution in [1.29, 1.82) is 0 Å². The van der Waals surface area contributed by atoms with Crippen LogP contribution in [0.15, 0.2) is 23.1 Å². The number of sulfonamides is 1. The van der Waals surface area contributed by atoms with Crippen molar-refractivity contribution in [2.24, 2.45) is 0 Å². The average molecular weight is 311 g/mol. The molecule has 0 heterocycles. The van der Waals surface area contributed by atoms with Crippen LogP contribution < -0.4 is 10.0 Å². The van der Waals surface area contributed by atoms with Gasteiger partial charge in [0, 0.05) is 13.1 Å². The molecule has 0 aliphatic rings. The number of benzene rings is 1. The summed E-state index contributed by atoms with van der Waals surface area (Å²) >= 11 is 0. The van der Waals surface area contributed by atoms with Gasteiger partial charge in [0.1, 0.15) is 5.82 Å². The Morgan fingerprint density at radius 3 is 2.53 bits per heavy atom. The van der Waals surface area contributed by atoms with Crippen molar-refractivity contribution in [3.8, 4) is 0 Å². The molecule has 1 aromatic rings. The molecule has 0 aromatic heterocycles. The molecule has 2 N–H and O–H groups in total. The molecule has 0 unspecified atom stereocenters. The molecule has 1 rings (SSSR count). The summed E-state index contributed by atoms with van der Waals surface area (Å²) in [6.07, 6.45) is 0.996. The second kappa shape index (κ2) is 8.47. The van der Waals surface area contributed by atoms with Crippen LogP contribution in [0.3, 0.4) is 0 Å². The molecular weight excluding hydrogens is 291 g/mol. The van der Waals surface area contributed by atoms with E-state index in [4.69, 9.17) is 0 Å². The lowest BCUT2D eigenvalue weighted by atomic mass is 10.2. The number of aryl methyl sites for hydroxylation is 1. The van der Waals surface area contributed by atoms with Gasteiger partial charge in [-0.3, -0.25) is 0 Å². The molecule has 0 atom stereocenters. The quantitative estimate of drug-likeness (QED) is 0.756. The van der Waals surface area contributed by atoms with E-state index in [9.17, 15) is 12.8 Å². The molecule has 0 amide bonds. The third kappa shape index (κ3) is 5.86. The lowest BCUT2D eigenvalue weighted by Crippen LogP contribution is -2.32. The highest BCUT2D eigenvalue weighted by Gasteiger charge is 2.16. The van der Waals surface area contributed by atoms with Crippen molar-refractivity contribution in [1.82, 2.24) is 10.0 Å². The summed E-state index contributed by atoms with van der Waals surface area (Å²) < 4.78 is 39.4. The van der Waals surface area contributed by atoms with Gasteiger partial charge in [0.15, 0.2) is 0 Å². The molecule has 4 nitrogen and oxygen atoms in total. The summed E-state index contributed by atoms with van der Waals surface area (Å²) in [4.78, 5) is -0.00186. The molecule has 0 fully saturated rings. The smallest absolute Gasteiger partial charge is 0.240 e. The molecule has 0 spiro atoms. The van der Waals surface area contributed by atoms with E-state index in [0.717, 1.165) is 19.0 Å². The van der Waals surface area contributed by atoms with E-state index in [1.807, 2.05) is 6.92 Å². The fourth-order valence-corrected chi connectivity index (χ4v) is 2.80. The fraction of sp³-hybridized carbons (Fsp3) is 0.500. The highest BCUT2D eigenvalue weighted by atomic mass is 35.5. The van der Waals surface area contributed by atoms with Crippen LogP contribution in [0.2, 0.25) is 0 Å². The summed E-state index contributed by atoms with van der Waals surface area (Å²) in [5.41, 5.74) is 0.533. The Balaban J connectivity index is 0.00000324. The van der Waals surface area contributed by atoms with Gasteiger partial charge in [-0.05, 0) is 37.6 Å². The Morgan fingerprint density at radius 1 is 1.21 bits per heavy atom. The van der Waals surface area contributed by atoms with E-state index in [1.54, 1.807) is 6.92 Å². The van der Waals surface area contributed by atoms with Crippen LogP contribution >= 0.6 is 12.4 Å².